The molecule has 0 saturated carbocycles. The Morgan fingerprint density at radius 1 is 1.07 bits per heavy atom. The zero-order chi connectivity index (χ0) is 19.9. The molecule has 2 aromatic rings. The predicted molar refractivity (Wildman–Crippen MR) is 107 cm³/mol. The van der Waals surface area contributed by atoms with Crippen molar-refractivity contribution in [3.8, 4) is 0 Å². The lowest BCUT2D eigenvalue weighted by molar-refractivity contribution is -0.123. The van der Waals surface area contributed by atoms with E-state index in [0.717, 1.165) is 29.8 Å². The van der Waals surface area contributed by atoms with E-state index in [1.165, 1.54) is 6.92 Å². The Labute approximate surface area is 164 Å². The van der Waals surface area contributed by atoms with Gasteiger partial charge in [-0.15, -0.1) is 0 Å². The number of hydrogen-bond acceptors (Lipinski definition) is 3. The van der Waals surface area contributed by atoms with Gasteiger partial charge in [-0.3, -0.25) is 14.4 Å². The molecule has 1 fully saturated rings. The summed E-state index contributed by atoms with van der Waals surface area (Å²) in [6, 6.07) is 16.8. The molecule has 0 aromatic heterocycles. The van der Waals surface area contributed by atoms with Crippen molar-refractivity contribution in [3.63, 3.8) is 0 Å². The minimum Gasteiger partial charge on any atom is -0.352 e. The van der Waals surface area contributed by atoms with E-state index in [0.29, 0.717) is 13.0 Å². The van der Waals surface area contributed by atoms with E-state index in [9.17, 15) is 14.4 Å². The first-order chi connectivity index (χ1) is 13.5. The minimum absolute atomic E-state index is 0.138. The molecule has 1 aliphatic heterocycles. The number of amides is 3. The van der Waals surface area contributed by atoms with Gasteiger partial charge in [0.05, 0.1) is 12.5 Å². The fourth-order valence-corrected chi connectivity index (χ4v) is 3.36. The monoisotopic (exact) mass is 379 g/mol. The third-order valence-corrected chi connectivity index (χ3v) is 4.78. The van der Waals surface area contributed by atoms with Gasteiger partial charge in [0, 0.05) is 32.1 Å². The van der Waals surface area contributed by atoms with Crippen molar-refractivity contribution >= 4 is 23.4 Å². The fourth-order valence-electron chi connectivity index (χ4n) is 3.36. The van der Waals surface area contributed by atoms with Crippen molar-refractivity contribution in [2.45, 2.75) is 38.8 Å². The lowest BCUT2D eigenvalue weighted by Gasteiger charge is -2.18. The molecule has 1 heterocycles. The summed E-state index contributed by atoms with van der Waals surface area (Å²) in [4.78, 5) is 37.5. The first kappa shape index (κ1) is 19.6. The molecule has 0 radical (unpaired) electrons. The van der Waals surface area contributed by atoms with E-state index in [1.54, 1.807) is 4.90 Å². The minimum atomic E-state index is -0.359. The third kappa shape index (κ3) is 5.19. The number of carbonyl (C=O) groups excluding carboxylic acids is 3. The molecule has 0 spiro atoms. The van der Waals surface area contributed by atoms with Gasteiger partial charge >= 0.3 is 0 Å². The van der Waals surface area contributed by atoms with Crippen LogP contribution in [0.15, 0.2) is 54.6 Å². The van der Waals surface area contributed by atoms with Crippen LogP contribution < -0.4 is 15.5 Å². The Bertz CT molecular complexity index is 834. The molecule has 0 unspecified atom stereocenters. The molecule has 1 aliphatic rings. The van der Waals surface area contributed by atoms with Crippen LogP contribution >= 0.6 is 0 Å². The van der Waals surface area contributed by atoms with Crippen LogP contribution in [-0.2, 0) is 20.9 Å². The summed E-state index contributed by atoms with van der Waals surface area (Å²) < 4.78 is 0. The van der Waals surface area contributed by atoms with Gasteiger partial charge in [0.1, 0.15) is 0 Å². The Kier molecular flexibility index (Phi) is 6.42. The highest BCUT2D eigenvalue weighted by Crippen LogP contribution is 2.21. The highest BCUT2D eigenvalue weighted by Gasteiger charge is 2.21. The Hall–Kier alpha value is -3.15. The van der Waals surface area contributed by atoms with Gasteiger partial charge in [0.2, 0.25) is 17.7 Å². The second kappa shape index (κ2) is 9.17. The normalized spacial score (nSPS) is 14.6. The highest BCUT2D eigenvalue weighted by atomic mass is 16.2. The van der Waals surface area contributed by atoms with Crippen LogP contribution in [0.2, 0.25) is 0 Å². The Balaban J connectivity index is 1.55. The summed E-state index contributed by atoms with van der Waals surface area (Å²) in [6.07, 6.45) is 1.67. The molecule has 2 aromatic carbocycles. The van der Waals surface area contributed by atoms with Gasteiger partial charge in [-0.25, -0.2) is 0 Å². The van der Waals surface area contributed by atoms with Crippen LogP contribution in [0.1, 0.15) is 43.4 Å². The molecule has 146 valence electrons. The number of nitrogens with zero attached hydrogens (tertiary/aromatic N) is 1. The lowest BCUT2D eigenvalue weighted by atomic mass is 10.0. The van der Waals surface area contributed by atoms with E-state index >= 15 is 0 Å². The number of hydrogen-bond donors (Lipinski definition) is 2. The smallest absolute Gasteiger partial charge is 0.227 e. The maximum atomic E-state index is 12.4. The number of benzene rings is 2. The van der Waals surface area contributed by atoms with E-state index in [2.05, 4.69) is 10.6 Å². The quantitative estimate of drug-likeness (QED) is 0.776. The van der Waals surface area contributed by atoms with Gasteiger partial charge in [-0.1, -0.05) is 42.5 Å². The first-order valence-electron chi connectivity index (χ1n) is 9.51. The van der Waals surface area contributed by atoms with Crippen LogP contribution in [0, 0.1) is 0 Å². The van der Waals surface area contributed by atoms with Crippen molar-refractivity contribution in [3.05, 3.63) is 65.7 Å². The van der Waals surface area contributed by atoms with Crippen LogP contribution in [0.3, 0.4) is 0 Å². The van der Waals surface area contributed by atoms with Crippen LogP contribution in [0.25, 0.3) is 0 Å². The molecule has 0 bridgehead atoms. The fraction of sp³-hybridized carbons (Fsp3) is 0.318. The Morgan fingerprint density at radius 2 is 1.79 bits per heavy atom. The molecule has 1 saturated heterocycles. The van der Waals surface area contributed by atoms with Gasteiger partial charge < -0.3 is 15.5 Å². The average molecular weight is 379 g/mol. The van der Waals surface area contributed by atoms with Crippen LogP contribution in [-0.4, -0.2) is 24.3 Å². The second-order valence-electron chi connectivity index (χ2n) is 6.96. The number of anilines is 1. The van der Waals surface area contributed by atoms with Crippen molar-refractivity contribution in [2.75, 3.05) is 11.4 Å². The van der Waals surface area contributed by atoms with E-state index in [-0.39, 0.29) is 30.2 Å². The van der Waals surface area contributed by atoms with Gasteiger partial charge in [0.25, 0.3) is 0 Å². The number of carbonyl (C=O) groups is 3. The predicted octanol–water partition coefficient (Wildman–Crippen LogP) is 2.70. The summed E-state index contributed by atoms with van der Waals surface area (Å²) in [6.45, 7) is 2.61. The Morgan fingerprint density at radius 3 is 2.39 bits per heavy atom. The molecule has 0 aliphatic carbocycles. The summed E-state index contributed by atoms with van der Waals surface area (Å²) in [5, 5.41) is 5.73. The average Bonchev–Trinajstić information content (AvgIpc) is 3.12. The lowest BCUT2D eigenvalue weighted by Crippen LogP contribution is -2.32. The maximum Gasteiger partial charge on any atom is 0.227 e. The second-order valence-corrected chi connectivity index (χ2v) is 6.96. The summed E-state index contributed by atoms with van der Waals surface area (Å²) in [7, 11) is 0. The highest BCUT2D eigenvalue weighted by molar-refractivity contribution is 5.95. The van der Waals surface area contributed by atoms with Crippen molar-refractivity contribution in [1.82, 2.24) is 10.6 Å². The molecule has 6 heteroatoms. The summed E-state index contributed by atoms with van der Waals surface area (Å²) >= 11 is 0. The number of nitrogens with one attached hydrogen (secondary N) is 2. The zero-order valence-electron chi connectivity index (χ0n) is 16.0. The third-order valence-electron chi connectivity index (χ3n) is 4.78. The van der Waals surface area contributed by atoms with E-state index in [1.807, 2.05) is 54.6 Å². The van der Waals surface area contributed by atoms with Gasteiger partial charge in [-0.05, 0) is 29.7 Å². The van der Waals surface area contributed by atoms with Crippen molar-refractivity contribution in [1.29, 1.82) is 0 Å². The molecule has 28 heavy (non-hydrogen) atoms. The largest absolute Gasteiger partial charge is 0.352 e. The molecular weight excluding hydrogens is 354 g/mol. The zero-order valence-corrected chi connectivity index (χ0v) is 16.0. The van der Waals surface area contributed by atoms with Crippen LogP contribution in [0.5, 0.6) is 0 Å². The van der Waals surface area contributed by atoms with Crippen molar-refractivity contribution < 1.29 is 14.4 Å². The standard InChI is InChI=1S/C22H25N3O3/c1-16(26)24-20(18-6-3-2-4-7-18)14-21(27)23-15-17-9-11-19(12-10-17)25-13-5-8-22(25)28/h2-4,6-7,9-12,20H,5,8,13-15H2,1H3,(H,23,27)(H,24,26)/t20-/m0/s1. The van der Waals surface area contributed by atoms with E-state index in [4.69, 9.17) is 0 Å². The molecule has 3 amide bonds. The van der Waals surface area contributed by atoms with Gasteiger partial charge in [-0.2, -0.15) is 0 Å². The SMILES string of the molecule is CC(=O)N[C@@H](CC(=O)NCc1ccc(N2CCCC2=O)cc1)c1ccccc1. The topological polar surface area (TPSA) is 78.5 Å². The molecule has 2 N–H and O–H groups in total. The van der Waals surface area contributed by atoms with Gasteiger partial charge in [0.15, 0.2) is 0 Å². The summed E-state index contributed by atoms with van der Waals surface area (Å²) in [5.74, 6) is -0.152. The number of rotatable bonds is 7. The molecule has 1 atom stereocenters. The molecular formula is C22H25N3O3. The van der Waals surface area contributed by atoms with Crippen LogP contribution in [0.4, 0.5) is 5.69 Å². The van der Waals surface area contributed by atoms with Crippen molar-refractivity contribution in [2.24, 2.45) is 0 Å². The molecule has 6 nitrogen and oxygen atoms in total. The first-order valence-corrected chi connectivity index (χ1v) is 9.51. The van der Waals surface area contributed by atoms with E-state index < -0.39 is 0 Å². The molecule has 3 rings (SSSR count). The summed E-state index contributed by atoms with van der Waals surface area (Å²) in [5.41, 5.74) is 2.75. The maximum absolute atomic E-state index is 12.4.